The Balaban J connectivity index is 2.13. The van der Waals surface area contributed by atoms with Crippen molar-refractivity contribution < 1.29 is 4.74 Å². The van der Waals surface area contributed by atoms with E-state index in [9.17, 15) is 0 Å². The van der Waals surface area contributed by atoms with Gasteiger partial charge in [-0.3, -0.25) is 0 Å². The smallest absolute Gasteiger partial charge is 0.126 e. The number of nitrogens with zero attached hydrogens (tertiary/aromatic N) is 2. The third-order valence-corrected chi connectivity index (χ3v) is 3.13. The maximum atomic E-state index is 5.42. The average molecular weight is 257 g/mol. The Kier molecular flexibility index (Phi) is 3.90. The Morgan fingerprint density at radius 1 is 1.42 bits per heavy atom. The first-order chi connectivity index (χ1) is 9.15. The summed E-state index contributed by atoms with van der Waals surface area (Å²) < 4.78 is 7.11. The fourth-order valence-corrected chi connectivity index (χ4v) is 2.10. The molecule has 19 heavy (non-hydrogen) atoms. The molecule has 0 radical (unpaired) electrons. The fourth-order valence-electron chi connectivity index (χ4n) is 2.10. The molecule has 0 unspecified atom stereocenters. The quantitative estimate of drug-likeness (QED) is 0.894. The van der Waals surface area contributed by atoms with E-state index in [1.165, 1.54) is 0 Å². The fraction of sp³-hybridized carbons (Fsp3) is 0.267. The van der Waals surface area contributed by atoms with Crippen LogP contribution >= 0.6 is 0 Å². The van der Waals surface area contributed by atoms with E-state index in [1.54, 1.807) is 18.0 Å². The van der Waals surface area contributed by atoms with Crippen molar-refractivity contribution in [3.8, 4) is 5.75 Å². The number of methoxy groups -OCH3 is 1. The molecule has 4 nitrogen and oxygen atoms in total. The zero-order valence-corrected chi connectivity index (χ0v) is 11.6. The summed E-state index contributed by atoms with van der Waals surface area (Å²) in [5.41, 5.74) is 4.45. The molecule has 1 aromatic carbocycles. The van der Waals surface area contributed by atoms with Crippen LogP contribution in [-0.2, 0) is 6.54 Å². The van der Waals surface area contributed by atoms with Crippen LogP contribution in [0, 0.1) is 13.8 Å². The van der Waals surface area contributed by atoms with Gasteiger partial charge in [-0.1, -0.05) is 12.6 Å². The number of hydrogen-bond donors (Lipinski definition) is 1. The average Bonchev–Trinajstić information content (AvgIpc) is 2.86. The van der Waals surface area contributed by atoms with Gasteiger partial charge in [0, 0.05) is 35.8 Å². The van der Waals surface area contributed by atoms with Crippen LogP contribution in [0.15, 0.2) is 31.1 Å². The molecule has 1 heterocycles. The first-order valence-corrected chi connectivity index (χ1v) is 6.19. The largest absolute Gasteiger partial charge is 0.496 e. The Morgan fingerprint density at radius 3 is 2.84 bits per heavy atom. The Morgan fingerprint density at radius 2 is 2.21 bits per heavy atom. The maximum Gasteiger partial charge on any atom is 0.126 e. The highest BCUT2D eigenvalue weighted by Gasteiger charge is 2.07. The van der Waals surface area contributed by atoms with Crippen LogP contribution in [0.3, 0.4) is 0 Å². The summed E-state index contributed by atoms with van der Waals surface area (Å²) in [5.74, 6) is 0.937. The van der Waals surface area contributed by atoms with Gasteiger partial charge in [0.1, 0.15) is 5.75 Å². The van der Waals surface area contributed by atoms with Crippen molar-refractivity contribution in [3.63, 3.8) is 0 Å². The molecular formula is C15H19N3O. The van der Waals surface area contributed by atoms with E-state index in [0.29, 0.717) is 0 Å². The highest BCUT2D eigenvalue weighted by atomic mass is 16.5. The van der Waals surface area contributed by atoms with Crippen LogP contribution in [0.4, 0.5) is 5.69 Å². The SMILES string of the molecule is C=Cn1cc(CNc2ccc(C)c(OC)c2C)cn1. The molecule has 0 aliphatic heterocycles. The Bertz CT molecular complexity index is 587. The predicted octanol–water partition coefficient (Wildman–Crippen LogP) is 3.22. The minimum atomic E-state index is 0.723. The molecule has 0 saturated carbocycles. The maximum absolute atomic E-state index is 5.42. The molecule has 1 aromatic heterocycles. The third kappa shape index (κ3) is 2.78. The highest BCUT2D eigenvalue weighted by molar-refractivity contribution is 5.59. The standard InChI is InChI=1S/C15H19N3O/c1-5-18-10-13(9-17-18)8-16-14-7-6-11(2)15(19-4)12(14)3/h5-7,9-10,16H,1,8H2,2-4H3. The molecular weight excluding hydrogens is 238 g/mol. The van der Waals surface area contributed by atoms with Crippen molar-refractivity contribution in [3.05, 3.63) is 47.8 Å². The van der Waals surface area contributed by atoms with E-state index in [-0.39, 0.29) is 0 Å². The highest BCUT2D eigenvalue weighted by Crippen LogP contribution is 2.29. The molecule has 0 amide bonds. The summed E-state index contributed by atoms with van der Waals surface area (Å²) in [6.07, 6.45) is 5.44. The minimum absolute atomic E-state index is 0.723. The molecule has 0 bridgehead atoms. The summed E-state index contributed by atoms with van der Waals surface area (Å²) in [7, 11) is 1.70. The van der Waals surface area contributed by atoms with Gasteiger partial charge in [-0.25, -0.2) is 4.68 Å². The Hall–Kier alpha value is -2.23. The molecule has 0 spiro atoms. The number of aryl methyl sites for hydroxylation is 1. The topological polar surface area (TPSA) is 39.1 Å². The van der Waals surface area contributed by atoms with E-state index in [0.717, 1.165) is 34.7 Å². The summed E-state index contributed by atoms with van der Waals surface area (Å²) in [4.78, 5) is 0. The van der Waals surface area contributed by atoms with Crippen molar-refractivity contribution >= 4 is 11.9 Å². The van der Waals surface area contributed by atoms with Crippen molar-refractivity contribution in [1.82, 2.24) is 9.78 Å². The lowest BCUT2D eigenvalue weighted by atomic mass is 10.1. The van der Waals surface area contributed by atoms with Crippen LogP contribution in [0.2, 0.25) is 0 Å². The van der Waals surface area contributed by atoms with E-state index in [2.05, 4.69) is 36.1 Å². The first-order valence-electron chi connectivity index (χ1n) is 6.19. The Labute approximate surface area is 113 Å². The summed E-state index contributed by atoms with van der Waals surface area (Å²) in [5, 5.41) is 7.55. The summed E-state index contributed by atoms with van der Waals surface area (Å²) in [6.45, 7) is 8.50. The zero-order valence-electron chi connectivity index (χ0n) is 11.6. The molecule has 0 atom stereocenters. The number of aromatic nitrogens is 2. The molecule has 2 rings (SSSR count). The number of nitrogens with one attached hydrogen (secondary N) is 1. The van der Waals surface area contributed by atoms with E-state index < -0.39 is 0 Å². The molecule has 100 valence electrons. The van der Waals surface area contributed by atoms with Gasteiger partial charge >= 0.3 is 0 Å². The van der Waals surface area contributed by atoms with E-state index >= 15 is 0 Å². The van der Waals surface area contributed by atoms with Crippen molar-refractivity contribution in [2.45, 2.75) is 20.4 Å². The number of rotatable bonds is 5. The van der Waals surface area contributed by atoms with E-state index in [1.807, 2.05) is 19.3 Å². The zero-order chi connectivity index (χ0) is 13.8. The van der Waals surface area contributed by atoms with Gasteiger partial charge in [-0.2, -0.15) is 5.10 Å². The molecule has 0 aliphatic rings. The normalized spacial score (nSPS) is 10.3. The molecule has 1 N–H and O–H groups in total. The van der Waals surface area contributed by atoms with Crippen LogP contribution in [0.1, 0.15) is 16.7 Å². The molecule has 2 aromatic rings. The van der Waals surface area contributed by atoms with Gasteiger partial charge in [-0.05, 0) is 25.5 Å². The van der Waals surface area contributed by atoms with Crippen LogP contribution in [0.25, 0.3) is 6.20 Å². The van der Waals surface area contributed by atoms with Gasteiger partial charge in [0.15, 0.2) is 0 Å². The predicted molar refractivity (Wildman–Crippen MR) is 78.4 cm³/mol. The molecule has 0 aliphatic carbocycles. The third-order valence-electron chi connectivity index (χ3n) is 3.13. The number of anilines is 1. The monoisotopic (exact) mass is 257 g/mol. The first kappa shape index (κ1) is 13.2. The second-order valence-electron chi connectivity index (χ2n) is 4.45. The number of benzene rings is 1. The number of hydrogen-bond acceptors (Lipinski definition) is 3. The molecule has 0 saturated heterocycles. The van der Waals surface area contributed by atoms with Gasteiger partial charge in [-0.15, -0.1) is 0 Å². The van der Waals surface area contributed by atoms with Crippen molar-refractivity contribution in [2.75, 3.05) is 12.4 Å². The molecule has 4 heteroatoms. The summed E-state index contributed by atoms with van der Waals surface area (Å²) >= 11 is 0. The second-order valence-corrected chi connectivity index (χ2v) is 4.45. The summed E-state index contributed by atoms with van der Waals surface area (Å²) in [6, 6.07) is 4.13. The van der Waals surface area contributed by atoms with Crippen molar-refractivity contribution in [1.29, 1.82) is 0 Å². The lowest BCUT2D eigenvalue weighted by Gasteiger charge is -2.14. The van der Waals surface area contributed by atoms with Crippen LogP contribution < -0.4 is 10.1 Å². The lowest BCUT2D eigenvalue weighted by molar-refractivity contribution is 0.409. The van der Waals surface area contributed by atoms with Gasteiger partial charge in [0.2, 0.25) is 0 Å². The van der Waals surface area contributed by atoms with Crippen LogP contribution in [-0.4, -0.2) is 16.9 Å². The number of ether oxygens (including phenoxy) is 1. The van der Waals surface area contributed by atoms with Gasteiger partial charge in [0.25, 0.3) is 0 Å². The van der Waals surface area contributed by atoms with E-state index in [4.69, 9.17) is 4.74 Å². The minimum Gasteiger partial charge on any atom is -0.496 e. The lowest BCUT2D eigenvalue weighted by Crippen LogP contribution is -2.02. The van der Waals surface area contributed by atoms with Crippen molar-refractivity contribution in [2.24, 2.45) is 0 Å². The second kappa shape index (κ2) is 5.61. The van der Waals surface area contributed by atoms with Gasteiger partial charge < -0.3 is 10.1 Å². The van der Waals surface area contributed by atoms with Gasteiger partial charge in [0.05, 0.1) is 13.3 Å². The van der Waals surface area contributed by atoms with Crippen LogP contribution in [0.5, 0.6) is 5.75 Å². The molecule has 0 fully saturated rings.